The number of nitrogens with zero attached hydrogens (tertiary/aromatic N) is 2. The Balaban J connectivity index is 1.57. The van der Waals surface area contributed by atoms with Crippen LogP contribution in [0.3, 0.4) is 0 Å². The monoisotopic (exact) mass is 384 g/mol. The van der Waals surface area contributed by atoms with E-state index in [0.29, 0.717) is 16.5 Å². The molecule has 0 spiro atoms. The summed E-state index contributed by atoms with van der Waals surface area (Å²) >= 11 is 1.21. The van der Waals surface area contributed by atoms with Crippen molar-refractivity contribution in [2.24, 2.45) is 0 Å². The molecule has 5 nitrogen and oxygen atoms in total. The van der Waals surface area contributed by atoms with E-state index < -0.39 is 0 Å². The van der Waals surface area contributed by atoms with Crippen molar-refractivity contribution in [3.05, 3.63) is 65.5 Å². The lowest BCUT2D eigenvalue weighted by molar-refractivity contribution is -0.119. The molecule has 27 heavy (non-hydrogen) atoms. The lowest BCUT2D eigenvalue weighted by atomic mass is 10.0. The van der Waals surface area contributed by atoms with Crippen LogP contribution in [0.1, 0.15) is 30.5 Å². The first-order valence-electron chi connectivity index (χ1n) is 8.73. The minimum atomic E-state index is -0.369. The highest BCUT2D eigenvalue weighted by molar-refractivity contribution is 7.99. The molecule has 0 saturated carbocycles. The molecule has 0 radical (unpaired) electrons. The van der Waals surface area contributed by atoms with Gasteiger partial charge in [-0.2, -0.15) is 0 Å². The van der Waals surface area contributed by atoms with Crippen LogP contribution >= 0.6 is 11.8 Å². The number of rotatable bonds is 7. The predicted octanol–water partition coefficient (Wildman–Crippen LogP) is 4.28. The van der Waals surface area contributed by atoms with E-state index in [0.717, 1.165) is 12.0 Å². The van der Waals surface area contributed by atoms with E-state index in [4.69, 9.17) is 0 Å². The molecule has 0 fully saturated rings. The van der Waals surface area contributed by atoms with Gasteiger partial charge in [-0.1, -0.05) is 60.6 Å². The first-order valence-corrected chi connectivity index (χ1v) is 9.71. The van der Waals surface area contributed by atoms with Crippen LogP contribution in [-0.2, 0) is 4.79 Å². The van der Waals surface area contributed by atoms with Gasteiger partial charge in [-0.25, -0.2) is 9.37 Å². The predicted molar refractivity (Wildman–Crippen MR) is 105 cm³/mol. The van der Waals surface area contributed by atoms with Crippen molar-refractivity contribution in [2.75, 3.05) is 5.75 Å². The van der Waals surface area contributed by atoms with Crippen LogP contribution in [0, 0.1) is 12.7 Å². The van der Waals surface area contributed by atoms with E-state index in [-0.39, 0.29) is 23.5 Å². The minimum Gasteiger partial charge on any atom is -0.349 e. The Morgan fingerprint density at radius 3 is 2.67 bits per heavy atom. The van der Waals surface area contributed by atoms with Gasteiger partial charge in [0.1, 0.15) is 5.82 Å². The number of aryl methyl sites for hydroxylation is 1. The van der Waals surface area contributed by atoms with Crippen LogP contribution in [0.15, 0.2) is 53.7 Å². The van der Waals surface area contributed by atoms with Crippen molar-refractivity contribution in [3.8, 4) is 11.4 Å². The van der Waals surface area contributed by atoms with Gasteiger partial charge in [-0.05, 0) is 31.0 Å². The molecule has 1 heterocycles. The van der Waals surface area contributed by atoms with Gasteiger partial charge >= 0.3 is 0 Å². The van der Waals surface area contributed by atoms with Gasteiger partial charge in [-0.15, -0.1) is 5.10 Å². The molecule has 1 amide bonds. The summed E-state index contributed by atoms with van der Waals surface area (Å²) < 4.78 is 13.8. The number of carbonyl (C=O) groups is 1. The topological polar surface area (TPSA) is 70.7 Å². The van der Waals surface area contributed by atoms with Crippen molar-refractivity contribution in [2.45, 2.75) is 31.5 Å². The number of amides is 1. The molecule has 7 heteroatoms. The number of thioether (sulfide) groups is 1. The maximum atomic E-state index is 13.8. The van der Waals surface area contributed by atoms with E-state index >= 15 is 0 Å². The smallest absolute Gasteiger partial charge is 0.230 e. The van der Waals surface area contributed by atoms with E-state index in [1.807, 2.05) is 38.1 Å². The standard InChI is InChI=1S/C20H21FN4OS/c1-3-17(14-10-8-13(2)9-11-14)22-18(26)12-27-20-23-19(24-25-20)15-6-4-5-7-16(15)21/h4-11,17H,3,12H2,1-2H3,(H,22,26)(H,23,24,25)/t17-/m0/s1. The normalized spacial score (nSPS) is 12.0. The molecule has 3 aromatic rings. The van der Waals surface area contributed by atoms with Crippen LogP contribution in [0.2, 0.25) is 0 Å². The van der Waals surface area contributed by atoms with Crippen LogP contribution in [0.4, 0.5) is 4.39 Å². The number of aromatic amines is 1. The second-order valence-corrected chi connectivity index (χ2v) is 7.12. The fourth-order valence-electron chi connectivity index (χ4n) is 2.67. The average molecular weight is 384 g/mol. The fourth-order valence-corrected chi connectivity index (χ4v) is 3.28. The molecule has 0 unspecified atom stereocenters. The van der Waals surface area contributed by atoms with Crippen molar-refractivity contribution in [1.82, 2.24) is 20.5 Å². The molecule has 0 aliphatic rings. The third-order valence-electron chi connectivity index (χ3n) is 4.15. The summed E-state index contributed by atoms with van der Waals surface area (Å²) in [5.74, 6) is 0.0790. The molecule has 2 N–H and O–H groups in total. The van der Waals surface area contributed by atoms with Crippen molar-refractivity contribution in [1.29, 1.82) is 0 Å². The molecule has 2 aromatic carbocycles. The Kier molecular flexibility index (Phi) is 6.24. The van der Waals surface area contributed by atoms with Gasteiger partial charge in [-0.3, -0.25) is 9.89 Å². The van der Waals surface area contributed by atoms with Crippen LogP contribution in [-0.4, -0.2) is 26.8 Å². The second-order valence-electron chi connectivity index (χ2n) is 6.17. The molecule has 0 aliphatic carbocycles. The summed E-state index contributed by atoms with van der Waals surface area (Å²) in [5, 5.41) is 10.2. The zero-order valence-electron chi connectivity index (χ0n) is 15.2. The summed E-state index contributed by atoms with van der Waals surface area (Å²) in [7, 11) is 0. The fraction of sp³-hybridized carbons (Fsp3) is 0.250. The highest BCUT2D eigenvalue weighted by Gasteiger charge is 2.15. The number of aromatic nitrogens is 3. The summed E-state index contributed by atoms with van der Waals surface area (Å²) in [6.07, 6.45) is 0.803. The lowest BCUT2D eigenvalue weighted by Crippen LogP contribution is -2.29. The molecule has 0 aliphatic heterocycles. The zero-order chi connectivity index (χ0) is 19.2. The SMILES string of the molecule is CC[C@H](NC(=O)CSc1n[nH]c(-c2ccccc2F)n1)c1ccc(C)cc1. The third-order valence-corrected chi connectivity index (χ3v) is 5.00. The molecule has 1 aromatic heterocycles. The summed E-state index contributed by atoms with van der Waals surface area (Å²) in [6.45, 7) is 4.07. The van der Waals surface area contributed by atoms with Crippen LogP contribution in [0.25, 0.3) is 11.4 Å². The number of halogens is 1. The molecule has 0 bridgehead atoms. The highest BCUT2D eigenvalue weighted by Crippen LogP contribution is 2.22. The Labute approximate surface area is 161 Å². The quantitative estimate of drug-likeness (QED) is 0.597. The van der Waals surface area contributed by atoms with Gasteiger partial charge in [0, 0.05) is 0 Å². The summed E-state index contributed by atoms with van der Waals surface area (Å²) in [4.78, 5) is 16.6. The number of nitrogens with one attached hydrogen (secondary N) is 2. The second kappa shape index (κ2) is 8.81. The Morgan fingerprint density at radius 1 is 1.22 bits per heavy atom. The van der Waals surface area contributed by atoms with Gasteiger partial charge in [0.25, 0.3) is 0 Å². The van der Waals surface area contributed by atoms with Crippen molar-refractivity contribution in [3.63, 3.8) is 0 Å². The van der Waals surface area contributed by atoms with Gasteiger partial charge in [0.15, 0.2) is 5.82 Å². The first-order chi connectivity index (χ1) is 13.1. The molecule has 140 valence electrons. The van der Waals surface area contributed by atoms with E-state index in [1.165, 1.54) is 23.4 Å². The Hall–Kier alpha value is -2.67. The maximum Gasteiger partial charge on any atom is 0.230 e. The number of hydrogen-bond acceptors (Lipinski definition) is 4. The lowest BCUT2D eigenvalue weighted by Gasteiger charge is -2.17. The minimum absolute atomic E-state index is 0.0279. The Morgan fingerprint density at radius 2 is 1.96 bits per heavy atom. The molecular formula is C20H21FN4OS. The molecule has 0 saturated heterocycles. The Bertz CT molecular complexity index is 910. The molecular weight excluding hydrogens is 363 g/mol. The summed E-state index contributed by atoms with van der Waals surface area (Å²) in [6, 6.07) is 14.5. The number of carbonyl (C=O) groups excluding carboxylic acids is 1. The molecule has 3 rings (SSSR count). The maximum absolute atomic E-state index is 13.8. The van der Waals surface area contributed by atoms with E-state index in [9.17, 15) is 9.18 Å². The third kappa shape index (κ3) is 4.95. The van der Waals surface area contributed by atoms with E-state index in [1.54, 1.807) is 18.2 Å². The van der Waals surface area contributed by atoms with Crippen molar-refractivity contribution < 1.29 is 9.18 Å². The zero-order valence-corrected chi connectivity index (χ0v) is 16.0. The summed E-state index contributed by atoms with van der Waals surface area (Å²) in [5.41, 5.74) is 2.62. The number of H-pyrrole nitrogens is 1. The first kappa shape index (κ1) is 19.1. The van der Waals surface area contributed by atoms with Gasteiger partial charge < -0.3 is 5.32 Å². The van der Waals surface area contributed by atoms with Gasteiger partial charge in [0.05, 0.1) is 17.4 Å². The van der Waals surface area contributed by atoms with Crippen molar-refractivity contribution >= 4 is 17.7 Å². The van der Waals surface area contributed by atoms with Gasteiger partial charge in [0.2, 0.25) is 11.1 Å². The highest BCUT2D eigenvalue weighted by atomic mass is 32.2. The number of benzene rings is 2. The number of hydrogen-bond donors (Lipinski definition) is 2. The largest absolute Gasteiger partial charge is 0.349 e. The van der Waals surface area contributed by atoms with E-state index in [2.05, 4.69) is 20.5 Å². The van der Waals surface area contributed by atoms with Crippen LogP contribution in [0.5, 0.6) is 0 Å². The molecule has 1 atom stereocenters. The average Bonchev–Trinajstić information content (AvgIpc) is 3.14. The van der Waals surface area contributed by atoms with Crippen LogP contribution < -0.4 is 5.32 Å².